The molecule has 0 spiro atoms. The van der Waals surface area contributed by atoms with Crippen molar-refractivity contribution in [2.24, 2.45) is 0 Å². The summed E-state index contributed by atoms with van der Waals surface area (Å²) in [6, 6.07) is 12.7. The summed E-state index contributed by atoms with van der Waals surface area (Å²) in [7, 11) is 0. The number of hydrogen-bond acceptors (Lipinski definition) is 2. The molecule has 4 heteroatoms. The van der Waals surface area contributed by atoms with Crippen LogP contribution in [0.2, 0.25) is 0 Å². The zero-order chi connectivity index (χ0) is 14.5. The second-order valence-electron chi connectivity index (χ2n) is 4.49. The Morgan fingerprint density at radius 2 is 2.05 bits per heavy atom. The van der Waals surface area contributed by atoms with Crippen molar-refractivity contribution in [2.75, 3.05) is 11.9 Å². The summed E-state index contributed by atoms with van der Waals surface area (Å²) in [4.78, 5) is 0. The average molecular weight is 338 g/mol. The molecule has 0 amide bonds. The predicted octanol–water partition coefficient (Wildman–Crippen LogP) is 5.16. The molecule has 2 aromatic rings. The monoisotopic (exact) mass is 337 g/mol. The summed E-state index contributed by atoms with van der Waals surface area (Å²) in [5, 5.41) is 3.35. The van der Waals surface area contributed by atoms with Crippen LogP contribution in [0.25, 0.3) is 0 Å². The highest BCUT2D eigenvalue weighted by Crippen LogP contribution is 2.29. The second-order valence-corrected chi connectivity index (χ2v) is 5.41. The first kappa shape index (κ1) is 14.9. The third kappa shape index (κ3) is 3.73. The van der Waals surface area contributed by atoms with Crippen molar-refractivity contribution in [3.8, 4) is 5.75 Å². The number of halogens is 2. The predicted molar refractivity (Wildman–Crippen MR) is 83.7 cm³/mol. The van der Waals surface area contributed by atoms with Gasteiger partial charge in [0.2, 0.25) is 0 Å². The average Bonchev–Trinajstić information content (AvgIpc) is 2.42. The first-order valence-corrected chi connectivity index (χ1v) is 7.33. The highest BCUT2D eigenvalue weighted by Gasteiger charge is 2.10. The van der Waals surface area contributed by atoms with Crippen LogP contribution in [0, 0.1) is 5.82 Å². The highest BCUT2D eigenvalue weighted by molar-refractivity contribution is 9.10. The van der Waals surface area contributed by atoms with E-state index in [0.29, 0.717) is 12.4 Å². The van der Waals surface area contributed by atoms with E-state index in [1.807, 2.05) is 25.1 Å². The molecule has 20 heavy (non-hydrogen) atoms. The second kappa shape index (κ2) is 6.75. The smallest absolute Gasteiger partial charge is 0.145 e. The third-order valence-corrected chi connectivity index (χ3v) is 3.46. The quantitative estimate of drug-likeness (QED) is 0.813. The van der Waals surface area contributed by atoms with Crippen LogP contribution in [0.15, 0.2) is 46.9 Å². The van der Waals surface area contributed by atoms with Crippen molar-refractivity contribution >= 4 is 21.6 Å². The van der Waals surface area contributed by atoms with Crippen LogP contribution < -0.4 is 10.1 Å². The fourth-order valence-corrected chi connectivity index (χ4v) is 2.40. The van der Waals surface area contributed by atoms with E-state index in [0.717, 1.165) is 15.7 Å². The first-order valence-electron chi connectivity index (χ1n) is 6.54. The Kier molecular flexibility index (Phi) is 5.01. The molecule has 2 rings (SSSR count). The lowest BCUT2D eigenvalue weighted by Crippen LogP contribution is -2.08. The van der Waals surface area contributed by atoms with E-state index in [9.17, 15) is 4.39 Å². The van der Waals surface area contributed by atoms with Crippen molar-refractivity contribution in [3.05, 3.63) is 58.3 Å². The standard InChI is InChI=1S/C16H17BrFNO/c1-3-20-16-10-14(18)7-8-15(16)19-11(2)12-5-4-6-13(17)9-12/h4-11,19H,3H2,1-2H3. The SMILES string of the molecule is CCOc1cc(F)ccc1NC(C)c1cccc(Br)c1. The molecular formula is C16H17BrFNO. The molecule has 0 fully saturated rings. The normalized spacial score (nSPS) is 12.0. The molecule has 106 valence electrons. The highest BCUT2D eigenvalue weighted by atomic mass is 79.9. The van der Waals surface area contributed by atoms with Crippen molar-refractivity contribution in [3.63, 3.8) is 0 Å². The van der Waals surface area contributed by atoms with Crippen LogP contribution in [-0.2, 0) is 0 Å². The van der Waals surface area contributed by atoms with Gasteiger partial charge in [0.1, 0.15) is 11.6 Å². The zero-order valence-corrected chi connectivity index (χ0v) is 13.1. The molecule has 0 heterocycles. The summed E-state index contributed by atoms with van der Waals surface area (Å²) in [6.07, 6.45) is 0. The summed E-state index contributed by atoms with van der Waals surface area (Å²) >= 11 is 3.46. The van der Waals surface area contributed by atoms with Gasteiger partial charge in [-0.2, -0.15) is 0 Å². The molecule has 1 N–H and O–H groups in total. The largest absolute Gasteiger partial charge is 0.492 e. The first-order chi connectivity index (χ1) is 9.60. The molecule has 0 radical (unpaired) electrons. The lowest BCUT2D eigenvalue weighted by Gasteiger charge is -2.18. The van der Waals surface area contributed by atoms with Crippen LogP contribution in [0.1, 0.15) is 25.5 Å². The van der Waals surface area contributed by atoms with Crippen LogP contribution in [0.4, 0.5) is 10.1 Å². The van der Waals surface area contributed by atoms with Crippen LogP contribution >= 0.6 is 15.9 Å². The van der Waals surface area contributed by atoms with Gasteiger partial charge in [-0.25, -0.2) is 4.39 Å². The minimum atomic E-state index is -0.297. The van der Waals surface area contributed by atoms with Crippen molar-refractivity contribution < 1.29 is 9.13 Å². The Hall–Kier alpha value is -1.55. The van der Waals surface area contributed by atoms with E-state index < -0.39 is 0 Å². The number of rotatable bonds is 5. The van der Waals surface area contributed by atoms with Gasteiger partial charge >= 0.3 is 0 Å². The molecule has 1 atom stereocenters. The molecule has 0 aromatic heterocycles. The molecule has 0 aliphatic heterocycles. The molecule has 0 aliphatic carbocycles. The lowest BCUT2D eigenvalue weighted by atomic mass is 10.1. The Balaban J connectivity index is 2.21. The summed E-state index contributed by atoms with van der Waals surface area (Å²) in [5.41, 5.74) is 1.94. The number of hydrogen-bond donors (Lipinski definition) is 1. The zero-order valence-electron chi connectivity index (χ0n) is 11.5. The van der Waals surface area contributed by atoms with E-state index in [2.05, 4.69) is 34.2 Å². The summed E-state index contributed by atoms with van der Waals surface area (Å²) < 4.78 is 19.8. The van der Waals surface area contributed by atoms with E-state index in [1.165, 1.54) is 12.1 Å². The fourth-order valence-electron chi connectivity index (χ4n) is 1.98. The van der Waals surface area contributed by atoms with E-state index in [1.54, 1.807) is 6.07 Å². The maximum Gasteiger partial charge on any atom is 0.145 e. The van der Waals surface area contributed by atoms with Crippen LogP contribution in [0.3, 0.4) is 0 Å². The molecule has 2 nitrogen and oxygen atoms in total. The third-order valence-electron chi connectivity index (χ3n) is 2.96. The molecular weight excluding hydrogens is 321 g/mol. The Labute approximate surface area is 127 Å². The minimum absolute atomic E-state index is 0.0946. The number of ether oxygens (including phenoxy) is 1. The van der Waals surface area contributed by atoms with Crippen molar-refractivity contribution in [2.45, 2.75) is 19.9 Å². The van der Waals surface area contributed by atoms with Crippen molar-refractivity contribution in [1.29, 1.82) is 0 Å². The number of nitrogens with one attached hydrogen (secondary N) is 1. The van der Waals surface area contributed by atoms with E-state index in [-0.39, 0.29) is 11.9 Å². The molecule has 0 saturated heterocycles. The molecule has 2 aromatic carbocycles. The van der Waals surface area contributed by atoms with E-state index in [4.69, 9.17) is 4.74 Å². The molecule has 0 aliphatic rings. The maximum atomic E-state index is 13.3. The Morgan fingerprint density at radius 3 is 2.75 bits per heavy atom. The summed E-state index contributed by atoms with van der Waals surface area (Å²) in [6.45, 7) is 4.44. The van der Waals surface area contributed by atoms with Gasteiger partial charge in [0.25, 0.3) is 0 Å². The number of anilines is 1. The van der Waals surface area contributed by atoms with Crippen LogP contribution in [0.5, 0.6) is 5.75 Å². The fraction of sp³-hybridized carbons (Fsp3) is 0.250. The molecule has 1 unspecified atom stereocenters. The van der Waals surface area contributed by atoms with Gasteiger partial charge < -0.3 is 10.1 Å². The minimum Gasteiger partial charge on any atom is -0.492 e. The topological polar surface area (TPSA) is 21.3 Å². The Morgan fingerprint density at radius 1 is 1.25 bits per heavy atom. The van der Waals surface area contributed by atoms with Gasteiger partial charge in [-0.1, -0.05) is 28.1 Å². The molecule has 0 bridgehead atoms. The van der Waals surface area contributed by atoms with Gasteiger partial charge in [-0.05, 0) is 43.7 Å². The van der Waals surface area contributed by atoms with Gasteiger partial charge in [-0.15, -0.1) is 0 Å². The van der Waals surface area contributed by atoms with Gasteiger partial charge in [-0.3, -0.25) is 0 Å². The summed E-state index contributed by atoms with van der Waals surface area (Å²) in [5.74, 6) is 0.239. The number of benzene rings is 2. The molecule has 0 saturated carbocycles. The lowest BCUT2D eigenvalue weighted by molar-refractivity contribution is 0.339. The van der Waals surface area contributed by atoms with Crippen LogP contribution in [-0.4, -0.2) is 6.61 Å². The van der Waals surface area contributed by atoms with E-state index >= 15 is 0 Å². The van der Waals surface area contributed by atoms with Gasteiger partial charge in [0, 0.05) is 16.6 Å². The Bertz CT molecular complexity index is 588. The maximum absolute atomic E-state index is 13.3. The van der Waals surface area contributed by atoms with Gasteiger partial charge in [0.15, 0.2) is 0 Å². The van der Waals surface area contributed by atoms with Gasteiger partial charge in [0.05, 0.1) is 12.3 Å². The van der Waals surface area contributed by atoms with Crippen molar-refractivity contribution in [1.82, 2.24) is 0 Å².